The Morgan fingerprint density at radius 2 is 1.75 bits per heavy atom. The lowest BCUT2D eigenvalue weighted by Gasteiger charge is -2.37. The summed E-state index contributed by atoms with van der Waals surface area (Å²) in [5, 5.41) is 0.732. The molecule has 1 saturated heterocycles. The minimum absolute atomic E-state index is 0.0320. The Labute approximate surface area is 147 Å². The van der Waals surface area contributed by atoms with Crippen molar-refractivity contribution in [2.45, 2.75) is 12.5 Å². The van der Waals surface area contributed by atoms with Crippen molar-refractivity contribution in [1.29, 1.82) is 0 Å². The number of benzene rings is 2. The molecule has 0 saturated carbocycles. The highest BCUT2D eigenvalue weighted by Gasteiger charge is 2.25. The van der Waals surface area contributed by atoms with Gasteiger partial charge in [0.25, 0.3) is 0 Å². The van der Waals surface area contributed by atoms with Crippen molar-refractivity contribution in [1.82, 2.24) is 4.90 Å². The summed E-state index contributed by atoms with van der Waals surface area (Å²) < 4.78 is 0. The first-order chi connectivity index (χ1) is 11.6. The van der Waals surface area contributed by atoms with E-state index in [0.717, 1.165) is 29.4 Å². The number of carbonyl (C=O) groups is 1. The molecule has 24 heavy (non-hydrogen) atoms. The summed E-state index contributed by atoms with van der Waals surface area (Å²) in [7, 11) is 0. The van der Waals surface area contributed by atoms with Crippen LogP contribution in [0.1, 0.15) is 5.56 Å². The van der Waals surface area contributed by atoms with Crippen molar-refractivity contribution in [3.8, 4) is 0 Å². The van der Waals surface area contributed by atoms with Crippen LogP contribution in [0.5, 0.6) is 0 Å². The van der Waals surface area contributed by atoms with E-state index in [2.05, 4.69) is 4.90 Å². The Bertz CT molecular complexity index is 684. The van der Waals surface area contributed by atoms with Crippen molar-refractivity contribution >= 4 is 23.2 Å². The van der Waals surface area contributed by atoms with Crippen LogP contribution in [-0.2, 0) is 11.2 Å². The van der Waals surface area contributed by atoms with Crippen LogP contribution < -0.4 is 10.6 Å². The maximum absolute atomic E-state index is 12.6. The summed E-state index contributed by atoms with van der Waals surface area (Å²) in [6.07, 6.45) is 0.578. The fraction of sp³-hybridized carbons (Fsp3) is 0.316. The molecule has 3 rings (SSSR count). The van der Waals surface area contributed by atoms with Crippen LogP contribution in [-0.4, -0.2) is 43.0 Å². The number of piperazine rings is 1. The van der Waals surface area contributed by atoms with Crippen LogP contribution >= 0.6 is 11.6 Å². The number of halogens is 1. The molecule has 0 aromatic heterocycles. The molecule has 1 aliphatic heterocycles. The molecule has 1 atom stereocenters. The van der Waals surface area contributed by atoms with E-state index < -0.39 is 6.04 Å². The fourth-order valence-electron chi connectivity index (χ4n) is 3.05. The van der Waals surface area contributed by atoms with Gasteiger partial charge in [-0.05, 0) is 30.2 Å². The topological polar surface area (TPSA) is 49.6 Å². The number of hydrogen-bond donors (Lipinski definition) is 1. The highest BCUT2D eigenvalue weighted by atomic mass is 35.5. The first-order valence-corrected chi connectivity index (χ1v) is 8.60. The third-order valence-electron chi connectivity index (χ3n) is 4.38. The van der Waals surface area contributed by atoms with E-state index in [9.17, 15) is 4.79 Å². The standard InChI is InChI=1S/C19H22ClN3O/c20-16-7-4-8-17(14-16)22-9-11-23(12-10-22)19(24)18(21)13-15-5-2-1-3-6-15/h1-8,14,18H,9-13,21H2. The number of amides is 1. The summed E-state index contributed by atoms with van der Waals surface area (Å²) in [6.45, 7) is 2.97. The van der Waals surface area contributed by atoms with Gasteiger partial charge in [0.2, 0.25) is 5.91 Å². The zero-order chi connectivity index (χ0) is 16.9. The number of nitrogens with zero attached hydrogens (tertiary/aromatic N) is 2. The highest BCUT2D eigenvalue weighted by molar-refractivity contribution is 6.30. The van der Waals surface area contributed by atoms with Crippen molar-refractivity contribution in [3.05, 3.63) is 65.2 Å². The van der Waals surface area contributed by atoms with E-state index in [1.807, 2.05) is 59.5 Å². The van der Waals surface area contributed by atoms with Crippen LogP contribution in [0.25, 0.3) is 0 Å². The average Bonchev–Trinajstić information content (AvgIpc) is 2.62. The smallest absolute Gasteiger partial charge is 0.239 e. The molecule has 2 aromatic rings. The van der Waals surface area contributed by atoms with Gasteiger partial charge in [0.15, 0.2) is 0 Å². The normalized spacial score (nSPS) is 16.1. The minimum Gasteiger partial charge on any atom is -0.368 e. The average molecular weight is 344 g/mol. The molecule has 0 aliphatic carbocycles. The molecule has 1 aliphatic rings. The highest BCUT2D eigenvalue weighted by Crippen LogP contribution is 2.21. The third kappa shape index (κ3) is 4.08. The van der Waals surface area contributed by atoms with Crippen molar-refractivity contribution in [2.24, 2.45) is 5.73 Å². The van der Waals surface area contributed by atoms with Gasteiger partial charge in [-0.15, -0.1) is 0 Å². The summed E-state index contributed by atoms with van der Waals surface area (Å²) in [6, 6.07) is 17.3. The zero-order valence-electron chi connectivity index (χ0n) is 13.6. The van der Waals surface area contributed by atoms with Gasteiger partial charge in [-0.25, -0.2) is 0 Å². The van der Waals surface area contributed by atoms with Gasteiger partial charge in [-0.3, -0.25) is 4.79 Å². The molecule has 2 N–H and O–H groups in total. The van der Waals surface area contributed by atoms with Gasteiger partial charge < -0.3 is 15.5 Å². The van der Waals surface area contributed by atoms with Gasteiger partial charge in [0, 0.05) is 36.9 Å². The van der Waals surface area contributed by atoms with Crippen LogP contribution in [0.4, 0.5) is 5.69 Å². The lowest BCUT2D eigenvalue weighted by atomic mass is 10.1. The maximum atomic E-state index is 12.6. The van der Waals surface area contributed by atoms with E-state index in [1.54, 1.807) is 0 Å². The second-order valence-corrected chi connectivity index (χ2v) is 6.52. The van der Waals surface area contributed by atoms with Crippen LogP contribution in [0.2, 0.25) is 5.02 Å². The van der Waals surface area contributed by atoms with Crippen LogP contribution in [0.15, 0.2) is 54.6 Å². The van der Waals surface area contributed by atoms with Crippen molar-refractivity contribution in [3.63, 3.8) is 0 Å². The van der Waals surface area contributed by atoms with Crippen molar-refractivity contribution in [2.75, 3.05) is 31.1 Å². The number of hydrogen-bond acceptors (Lipinski definition) is 3. The molecule has 0 bridgehead atoms. The first-order valence-electron chi connectivity index (χ1n) is 8.22. The molecule has 5 heteroatoms. The molecule has 126 valence electrons. The first kappa shape index (κ1) is 16.8. The Morgan fingerprint density at radius 3 is 2.42 bits per heavy atom. The summed E-state index contributed by atoms with van der Waals surface area (Å²) in [5.74, 6) is 0.0320. The molecule has 1 amide bonds. The van der Waals surface area contributed by atoms with E-state index in [-0.39, 0.29) is 5.91 Å². The Hall–Kier alpha value is -2.04. The maximum Gasteiger partial charge on any atom is 0.239 e. The number of rotatable bonds is 4. The van der Waals surface area contributed by atoms with E-state index in [4.69, 9.17) is 17.3 Å². The predicted octanol–water partition coefficient (Wildman–Crippen LogP) is 2.56. The van der Waals surface area contributed by atoms with E-state index in [1.165, 1.54) is 0 Å². The van der Waals surface area contributed by atoms with Crippen LogP contribution in [0, 0.1) is 0 Å². The monoisotopic (exact) mass is 343 g/mol. The minimum atomic E-state index is -0.481. The fourth-order valence-corrected chi connectivity index (χ4v) is 3.23. The lowest BCUT2D eigenvalue weighted by Crippen LogP contribution is -2.53. The molecule has 4 nitrogen and oxygen atoms in total. The van der Waals surface area contributed by atoms with Crippen molar-refractivity contribution < 1.29 is 4.79 Å². The molecule has 0 spiro atoms. The van der Waals surface area contributed by atoms with E-state index in [0.29, 0.717) is 19.5 Å². The molecule has 1 unspecified atom stereocenters. The molecule has 2 aromatic carbocycles. The third-order valence-corrected chi connectivity index (χ3v) is 4.62. The largest absolute Gasteiger partial charge is 0.368 e. The number of carbonyl (C=O) groups excluding carboxylic acids is 1. The molecule has 0 radical (unpaired) electrons. The quantitative estimate of drug-likeness (QED) is 0.928. The number of nitrogens with two attached hydrogens (primary N) is 1. The number of anilines is 1. The second kappa shape index (κ2) is 7.69. The molecule has 1 heterocycles. The SMILES string of the molecule is NC(Cc1ccccc1)C(=O)N1CCN(c2cccc(Cl)c2)CC1. The Balaban J connectivity index is 1.55. The summed E-state index contributed by atoms with van der Waals surface area (Å²) in [5.41, 5.74) is 8.32. The summed E-state index contributed by atoms with van der Waals surface area (Å²) >= 11 is 6.05. The van der Waals surface area contributed by atoms with Gasteiger partial charge in [-0.1, -0.05) is 48.0 Å². The Morgan fingerprint density at radius 1 is 1.04 bits per heavy atom. The Kier molecular flexibility index (Phi) is 5.38. The van der Waals surface area contributed by atoms with Crippen LogP contribution in [0.3, 0.4) is 0 Å². The molecular weight excluding hydrogens is 322 g/mol. The van der Waals surface area contributed by atoms with Gasteiger partial charge in [0.05, 0.1) is 6.04 Å². The lowest BCUT2D eigenvalue weighted by molar-refractivity contribution is -0.132. The van der Waals surface area contributed by atoms with Gasteiger partial charge in [0.1, 0.15) is 0 Å². The zero-order valence-corrected chi connectivity index (χ0v) is 14.3. The second-order valence-electron chi connectivity index (χ2n) is 6.09. The molecule has 1 fully saturated rings. The van der Waals surface area contributed by atoms with E-state index >= 15 is 0 Å². The predicted molar refractivity (Wildman–Crippen MR) is 98.4 cm³/mol. The van der Waals surface area contributed by atoms with Gasteiger partial charge >= 0.3 is 0 Å². The summed E-state index contributed by atoms with van der Waals surface area (Å²) in [4.78, 5) is 16.7. The van der Waals surface area contributed by atoms with Gasteiger partial charge in [-0.2, -0.15) is 0 Å². The molecular formula is C19H22ClN3O.